The first-order valence-corrected chi connectivity index (χ1v) is 8.14. The van der Waals surface area contributed by atoms with Crippen LogP contribution in [0.1, 0.15) is 31.2 Å². The molecule has 1 amide bonds. The summed E-state index contributed by atoms with van der Waals surface area (Å²) in [6, 6.07) is 5.72. The van der Waals surface area contributed by atoms with Crippen molar-refractivity contribution in [3.63, 3.8) is 0 Å². The third-order valence-electron chi connectivity index (χ3n) is 4.62. The number of anilines is 1. The minimum Gasteiger partial charge on any atom is -0.369 e. The monoisotopic (exact) mass is 318 g/mol. The first-order valence-electron chi connectivity index (χ1n) is 7.70. The van der Waals surface area contributed by atoms with Crippen molar-refractivity contribution < 1.29 is 4.79 Å². The van der Waals surface area contributed by atoms with Crippen LogP contribution in [0.5, 0.6) is 0 Å². The number of pyridine rings is 1. The maximum Gasteiger partial charge on any atom is 0.225 e. The summed E-state index contributed by atoms with van der Waals surface area (Å²) in [7, 11) is 0. The lowest BCUT2D eigenvalue weighted by Crippen LogP contribution is -2.53. The molecule has 0 spiro atoms. The molecule has 4 unspecified atom stereocenters. The molecule has 2 fully saturated rings. The van der Waals surface area contributed by atoms with Crippen molar-refractivity contribution in [3.8, 4) is 6.07 Å². The van der Waals surface area contributed by atoms with Crippen molar-refractivity contribution >= 4 is 23.3 Å². The molecule has 4 atom stereocenters. The van der Waals surface area contributed by atoms with Crippen LogP contribution >= 0.6 is 11.6 Å². The van der Waals surface area contributed by atoms with Crippen LogP contribution in [0.25, 0.3) is 0 Å². The lowest BCUT2D eigenvalue weighted by Gasteiger charge is -2.41. The van der Waals surface area contributed by atoms with E-state index in [0.717, 1.165) is 25.7 Å². The molecule has 2 aliphatic rings. The van der Waals surface area contributed by atoms with Crippen LogP contribution in [0.4, 0.5) is 5.82 Å². The molecule has 2 N–H and O–H groups in total. The Kier molecular flexibility index (Phi) is 4.49. The Morgan fingerprint density at radius 2 is 2.32 bits per heavy atom. The molecule has 116 valence electrons. The minimum atomic E-state index is -0.0734. The van der Waals surface area contributed by atoms with Gasteiger partial charge in [-0.15, -0.1) is 11.6 Å². The molecular weight excluding hydrogens is 300 g/mol. The van der Waals surface area contributed by atoms with Crippen LogP contribution in [0.15, 0.2) is 18.3 Å². The number of rotatable bonds is 3. The minimum absolute atomic E-state index is 0.0734. The SMILES string of the molecule is N#Cc1ccnc(NCC2CC3CC(Cl)CCC3NC2=O)c1. The summed E-state index contributed by atoms with van der Waals surface area (Å²) < 4.78 is 0. The first-order chi connectivity index (χ1) is 10.7. The van der Waals surface area contributed by atoms with Crippen molar-refractivity contribution in [2.45, 2.75) is 37.1 Å². The molecule has 0 aromatic carbocycles. The molecule has 1 aliphatic heterocycles. The molecule has 3 rings (SSSR count). The van der Waals surface area contributed by atoms with Gasteiger partial charge in [-0.25, -0.2) is 4.98 Å². The molecule has 0 radical (unpaired) electrons. The highest BCUT2D eigenvalue weighted by atomic mass is 35.5. The zero-order valence-corrected chi connectivity index (χ0v) is 13.0. The van der Waals surface area contributed by atoms with E-state index in [-0.39, 0.29) is 17.2 Å². The molecule has 1 saturated heterocycles. The number of nitrogens with zero attached hydrogens (tertiary/aromatic N) is 2. The maximum atomic E-state index is 12.2. The number of amides is 1. The average molecular weight is 319 g/mol. The van der Waals surface area contributed by atoms with Crippen LogP contribution < -0.4 is 10.6 Å². The topological polar surface area (TPSA) is 77.8 Å². The fraction of sp³-hybridized carbons (Fsp3) is 0.562. The normalized spacial score (nSPS) is 30.8. The van der Waals surface area contributed by atoms with Gasteiger partial charge >= 0.3 is 0 Å². The zero-order chi connectivity index (χ0) is 15.5. The standard InChI is InChI=1S/C16H19ClN4O/c17-13-1-2-14-11(7-13)6-12(16(22)21-14)9-20-15-5-10(8-18)3-4-19-15/h3-5,11-14H,1-2,6-7,9H2,(H,19,20)(H,21,22). The number of carbonyl (C=O) groups excluding carboxylic acids is 1. The summed E-state index contributed by atoms with van der Waals surface area (Å²) in [5.41, 5.74) is 0.558. The lowest BCUT2D eigenvalue weighted by molar-refractivity contribution is -0.129. The summed E-state index contributed by atoms with van der Waals surface area (Å²) in [5.74, 6) is 1.14. The third-order valence-corrected chi connectivity index (χ3v) is 5.02. The average Bonchev–Trinajstić information content (AvgIpc) is 2.53. The van der Waals surface area contributed by atoms with E-state index in [9.17, 15) is 4.79 Å². The highest BCUT2D eigenvalue weighted by Crippen LogP contribution is 2.35. The van der Waals surface area contributed by atoms with Crippen LogP contribution in [-0.4, -0.2) is 28.9 Å². The second kappa shape index (κ2) is 6.53. The van der Waals surface area contributed by atoms with Crippen LogP contribution in [0, 0.1) is 23.2 Å². The Morgan fingerprint density at radius 3 is 3.14 bits per heavy atom. The van der Waals surface area contributed by atoms with E-state index in [2.05, 4.69) is 21.7 Å². The smallest absolute Gasteiger partial charge is 0.225 e. The van der Waals surface area contributed by atoms with Gasteiger partial charge in [-0.05, 0) is 43.7 Å². The van der Waals surface area contributed by atoms with E-state index in [4.69, 9.17) is 16.9 Å². The van der Waals surface area contributed by atoms with Crippen LogP contribution in [-0.2, 0) is 4.79 Å². The number of carbonyl (C=O) groups is 1. The quantitative estimate of drug-likeness (QED) is 0.838. The highest BCUT2D eigenvalue weighted by molar-refractivity contribution is 6.20. The molecule has 0 bridgehead atoms. The number of fused-ring (bicyclic) bond motifs is 1. The van der Waals surface area contributed by atoms with Gasteiger partial charge in [-0.3, -0.25) is 4.79 Å². The summed E-state index contributed by atoms with van der Waals surface area (Å²) in [5, 5.41) is 15.4. The van der Waals surface area contributed by atoms with Gasteiger partial charge in [0.2, 0.25) is 5.91 Å². The first kappa shape index (κ1) is 15.1. The summed E-state index contributed by atoms with van der Waals surface area (Å²) >= 11 is 6.26. The molecule has 2 heterocycles. The Hall–Kier alpha value is -1.80. The summed E-state index contributed by atoms with van der Waals surface area (Å²) in [6.45, 7) is 0.532. The number of alkyl halides is 1. The van der Waals surface area contributed by atoms with Gasteiger partial charge in [-0.2, -0.15) is 5.26 Å². The van der Waals surface area contributed by atoms with Gasteiger partial charge in [0.1, 0.15) is 5.82 Å². The third kappa shape index (κ3) is 3.33. The summed E-state index contributed by atoms with van der Waals surface area (Å²) in [6.07, 6.45) is 5.40. The van der Waals surface area contributed by atoms with Crippen LogP contribution in [0.2, 0.25) is 0 Å². The lowest BCUT2D eigenvalue weighted by atomic mass is 9.75. The molecule has 1 aromatic rings. The fourth-order valence-electron chi connectivity index (χ4n) is 3.43. The van der Waals surface area contributed by atoms with E-state index in [1.807, 2.05) is 0 Å². The molecule has 1 aliphatic carbocycles. The Labute approximate surface area is 135 Å². The number of hydrogen-bond acceptors (Lipinski definition) is 4. The highest BCUT2D eigenvalue weighted by Gasteiger charge is 2.38. The zero-order valence-electron chi connectivity index (χ0n) is 12.3. The van der Waals surface area contributed by atoms with Gasteiger partial charge in [-0.1, -0.05) is 0 Å². The van der Waals surface area contributed by atoms with Crippen molar-refractivity contribution in [2.75, 3.05) is 11.9 Å². The molecular formula is C16H19ClN4O. The van der Waals surface area contributed by atoms with E-state index < -0.39 is 0 Å². The maximum absolute atomic E-state index is 12.2. The predicted octanol–water partition coefficient (Wildman–Crippen LogP) is 2.28. The second-order valence-corrected chi connectivity index (χ2v) is 6.76. The van der Waals surface area contributed by atoms with Crippen molar-refractivity contribution in [1.29, 1.82) is 5.26 Å². The number of nitriles is 1. The van der Waals surface area contributed by atoms with Gasteiger partial charge in [0, 0.05) is 24.2 Å². The summed E-state index contributed by atoms with van der Waals surface area (Å²) in [4.78, 5) is 16.4. The van der Waals surface area contributed by atoms with E-state index >= 15 is 0 Å². The van der Waals surface area contributed by atoms with Gasteiger partial charge in [0.05, 0.1) is 17.6 Å². The van der Waals surface area contributed by atoms with Crippen molar-refractivity contribution in [1.82, 2.24) is 10.3 Å². The number of nitrogens with one attached hydrogen (secondary N) is 2. The Bertz CT molecular complexity index is 600. The molecule has 1 aromatic heterocycles. The Morgan fingerprint density at radius 1 is 1.45 bits per heavy atom. The molecule has 1 saturated carbocycles. The van der Waals surface area contributed by atoms with E-state index in [1.54, 1.807) is 18.3 Å². The predicted molar refractivity (Wildman–Crippen MR) is 84.5 cm³/mol. The Balaban J connectivity index is 1.60. The fourth-order valence-corrected chi connectivity index (χ4v) is 3.79. The number of piperidine rings is 1. The van der Waals surface area contributed by atoms with Gasteiger partial charge in [0.25, 0.3) is 0 Å². The number of halogens is 1. The number of hydrogen-bond donors (Lipinski definition) is 2. The van der Waals surface area contributed by atoms with Crippen LogP contribution in [0.3, 0.4) is 0 Å². The van der Waals surface area contributed by atoms with E-state index in [1.165, 1.54) is 0 Å². The molecule has 6 heteroatoms. The van der Waals surface area contributed by atoms with Crippen molar-refractivity contribution in [2.24, 2.45) is 11.8 Å². The molecule has 5 nitrogen and oxygen atoms in total. The van der Waals surface area contributed by atoms with Gasteiger partial charge < -0.3 is 10.6 Å². The van der Waals surface area contributed by atoms with Crippen molar-refractivity contribution in [3.05, 3.63) is 23.9 Å². The number of aromatic nitrogens is 1. The second-order valence-electron chi connectivity index (χ2n) is 6.14. The van der Waals surface area contributed by atoms with Gasteiger partial charge in [0.15, 0.2) is 0 Å². The van der Waals surface area contributed by atoms with E-state index in [0.29, 0.717) is 29.9 Å². The largest absolute Gasteiger partial charge is 0.369 e. The molecule has 22 heavy (non-hydrogen) atoms.